The number of carbonyl (C=O) groups excluding carboxylic acids is 1. The normalized spacial score (nSPS) is 29.9. The van der Waals surface area contributed by atoms with Gasteiger partial charge in [-0.05, 0) is 25.7 Å². The zero-order valence-electron chi connectivity index (χ0n) is 8.15. The summed E-state index contributed by atoms with van der Waals surface area (Å²) in [5, 5.41) is 21.4. The van der Waals surface area contributed by atoms with E-state index in [1.807, 2.05) is 0 Å². The summed E-state index contributed by atoms with van der Waals surface area (Å²) in [6, 6.07) is 0.285. The molecule has 14 heavy (non-hydrogen) atoms. The van der Waals surface area contributed by atoms with Crippen molar-refractivity contribution in [3.8, 4) is 0 Å². The standard InChI is InChI=1S/C9H18N2O3/c10-9(14)8(13)5-11-6-1-3-7(12)4-2-6/h6-8,11-13H,1-5H2,(H2,10,14). The molecule has 0 aromatic rings. The van der Waals surface area contributed by atoms with Gasteiger partial charge >= 0.3 is 0 Å². The summed E-state index contributed by atoms with van der Waals surface area (Å²) in [6.45, 7) is 0.204. The van der Waals surface area contributed by atoms with Crippen molar-refractivity contribution in [1.82, 2.24) is 5.32 Å². The highest BCUT2D eigenvalue weighted by atomic mass is 16.3. The van der Waals surface area contributed by atoms with Crippen LogP contribution in [0.1, 0.15) is 25.7 Å². The molecular weight excluding hydrogens is 184 g/mol. The lowest BCUT2D eigenvalue weighted by Gasteiger charge is -2.26. The van der Waals surface area contributed by atoms with Crippen LogP contribution < -0.4 is 11.1 Å². The molecule has 0 spiro atoms. The fourth-order valence-corrected chi connectivity index (χ4v) is 1.66. The van der Waals surface area contributed by atoms with Crippen LogP contribution in [0.4, 0.5) is 0 Å². The smallest absolute Gasteiger partial charge is 0.247 e. The summed E-state index contributed by atoms with van der Waals surface area (Å²) in [4.78, 5) is 10.5. The van der Waals surface area contributed by atoms with E-state index >= 15 is 0 Å². The van der Waals surface area contributed by atoms with Crippen molar-refractivity contribution >= 4 is 5.91 Å². The van der Waals surface area contributed by atoms with Crippen LogP contribution in [0.2, 0.25) is 0 Å². The number of hydrogen-bond donors (Lipinski definition) is 4. The van der Waals surface area contributed by atoms with E-state index in [9.17, 15) is 9.90 Å². The lowest BCUT2D eigenvalue weighted by molar-refractivity contribution is -0.125. The first-order valence-corrected chi connectivity index (χ1v) is 4.98. The SMILES string of the molecule is NC(=O)C(O)CNC1CCC(O)CC1. The van der Waals surface area contributed by atoms with Gasteiger partial charge in [-0.1, -0.05) is 0 Å². The topological polar surface area (TPSA) is 95.6 Å². The second-order valence-electron chi connectivity index (χ2n) is 3.83. The molecule has 0 aromatic heterocycles. The highest BCUT2D eigenvalue weighted by Gasteiger charge is 2.20. The Balaban J connectivity index is 2.16. The number of primary amides is 1. The van der Waals surface area contributed by atoms with Gasteiger partial charge in [0.15, 0.2) is 0 Å². The Labute approximate surface area is 83.3 Å². The zero-order chi connectivity index (χ0) is 10.6. The summed E-state index contributed by atoms with van der Waals surface area (Å²) >= 11 is 0. The van der Waals surface area contributed by atoms with Crippen molar-refractivity contribution in [2.45, 2.75) is 43.9 Å². The number of nitrogens with one attached hydrogen (secondary N) is 1. The molecule has 0 saturated heterocycles. The third-order valence-corrected chi connectivity index (χ3v) is 2.63. The van der Waals surface area contributed by atoms with Crippen molar-refractivity contribution in [1.29, 1.82) is 0 Å². The van der Waals surface area contributed by atoms with Crippen molar-refractivity contribution in [2.24, 2.45) is 5.73 Å². The maximum atomic E-state index is 10.5. The summed E-state index contributed by atoms with van der Waals surface area (Å²) in [6.07, 6.45) is 2.03. The summed E-state index contributed by atoms with van der Waals surface area (Å²) in [5.41, 5.74) is 4.90. The number of rotatable bonds is 4. The van der Waals surface area contributed by atoms with E-state index < -0.39 is 12.0 Å². The molecule has 0 bridgehead atoms. The third kappa shape index (κ3) is 3.61. The number of amides is 1. The highest BCUT2D eigenvalue weighted by molar-refractivity contribution is 5.78. The van der Waals surface area contributed by atoms with Crippen LogP contribution in [0.5, 0.6) is 0 Å². The van der Waals surface area contributed by atoms with Gasteiger partial charge in [-0.2, -0.15) is 0 Å². The average molecular weight is 202 g/mol. The van der Waals surface area contributed by atoms with E-state index in [0.717, 1.165) is 25.7 Å². The van der Waals surface area contributed by atoms with Gasteiger partial charge in [0.1, 0.15) is 6.10 Å². The quantitative estimate of drug-likeness (QED) is 0.457. The first-order chi connectivity index (χ1) is 6.59. The zero-order valence-corrected chi connectivity index (χ0v) is 8.15. The molecule has 1 aliphatic carbocycles. The molecule has 82 valence electrons. The molecule has 1 fully saturated rings. The van der Waals surface area contributed by atoms with Crippen molar-refractivity contribution in [3.63, 3.8) is 0 Å². The Morgan fingerprint density at radius 3 is 2.50 bits per heavy atom. The first kappa shape index (κ1) is 11.4. The second kappa shape index (κ2) is 5.29. The predicted molar refractivity (Wildman–Crippen MR) is 51.5 cm³/mol. The number of aliphatic hydroxyl groups is 2. The first-order valence-electron chi connectivity index (χ1n) is 4.98. The second-order valence-corrected chi connectivity index (χ2v) is 3.83. The fourth-order valence-electron chi connectivity index (χ4n) is 1.66. The van der Waals surface area contributed by atoms with Gasteiger partial charge < -0.3 is 21.3 Å². The van der Waals surface area contributed by atoms with Crippen molar-refractivity contribution in [2.75, 3.05) is 6.54 Å². The van der Waals surface area contributed by atoms with E-state index in [4.69, 9.17) is 10.8 Å². The number of nitrogens with two attached hydrogens (primary N) is 1. The molecule has 0 aliphatic heterocycles. The van der Waals surface area contributed by atoms with Crippen LogP contribution in [-0.2, 0) is 4.79 Å². The highest BCUT2D eigenvalue weighted by Crippen LogP contribution is 2.17. The van der Waals surface area contributed by atoms with Gasteiger partial charge in [0.05, 0.1) is 6.10 Å². The largest absolute Gasteiger partial charge is 0.393 e. The molecule has 1 amide bonds. The van der Waals surface area contributed by atoms with Gasteiger partial charge in [0, 0.05) is 12.6 Å². The fraction of sp³-hybridized carbons (Fsp3) is 0.889. The molecule has 0 aromatic carbocycles. The minimum absolute atomic E-state index is 0.186. The lowest BCUT2D eigenvalue weighted by atomic mass is 9.93. The van der Waals surface area contributed by atoms with Crippen LogP contribution in [0.15, 0.2) is 0 Å². The molecule has 5 nitrogen and oxygen atoms in total. The molecule has 5 N–H and O–H groups in total. The summed E-state index contributed by atoms with van der Waals surface area (Å²) in [7, 11) is 0. The molecule has 1 aliphatic rings. The third-order valence-electron chi connectivity index (χ3n) is 2.63. The van der Waals surface area contributed by atoms with Gasteiger partial charge in [0.2, 0.25) is 5.91 Å². The molecule has 1 unspecified atom stereocenters. The van der Waals surface area contributed by atoms with Crippen LogP contribution in [0.25, 0.3) is 0 Å². The van der Waals surface area contributed by atoms with Crippen LogP contribution in [0.3, 0.4) is 0 Å². The monoisotopic (exact) mass is 202 g/mol. The number of hydrogen-bond acceptors (Lipinski definition) is 4. The van der Waals surface area contributed by atoms with E-state index in [0.29, 0.717) is 0 Å². The molecule has 0 radical (unpaired) electrons. The summed E-state index contributed by atoms with van der Waals surface area (Å²) in [5.74, 6) is -0.701. The van der Waals surface area contributed by atoms with Crippen LogP contribution in [0, 0.1) is 0 Å². The van der Waals surface area contributed by atoms with Crippen LogP contribution >= 0.6 is 0 Å². The average Bonchev–Trinajstić information content (AvgIpc) is 2.16. The van der Waals surface area contributed by atoms with Gasteiger partial charge in [-0.3, -0.25) is 4.79 Å². The van der Waals surface area contributed by atoms with Gasteiger partial charge in [-0.25, -0.2) is 0 Å². The molecule has 0 heterocycles. The van der Waals surface area contributed by atoms with Gasteiger partial charge in [0.25, 0.3) is 0 Å². The Kier molecular flexibility index (Phi) is 4.31. The molecule has 1 saturated carbocycles. The molecular formula is C9H18N2O3. The Morgan fingerprint density at radius 1 is 1.43 bits per heavy atom. The van der Waals surface area contributed by atoms with Crippen molar-refractivity contribution < 1.29 is 15.0 Å². The Morgan fingerprint density at radius 2 is 2.00 bits per heavy atom. The maximum Gasteiger partial charge on any atom is 0.247 e. The molecule has 1 rings (SSSR count). The summed E-state index contributed by atoms with van der Waals surface area (Å²) < 4.78 is 0. The van der Waals surface area contributed by atoms with Crippen molar-refractivity contribution in [3.05, 3.63) is 0 Å². The molecule has 1 atom stereocenters. The Bertz CT molecular complexity index is 190. The number of carbonyl (C=O) groups is 1. The number of aliphatic hydroxyl groups excluding tert-OH is 2. The van der Waals surface area contributed by atoms with E-state index in [1.54, 1.807) is 0 Å². The van der Waals surface area contributed by atoms with E-state index in [-0.39, 0.29) is 18.7 Å². The minimum Gasteiger partial charge on any atom is -0.393 e. The lowest BCUT2D eigenvalue weighted by Crippen LogP contribution is -2.43. The van der Waals surface area contributed by atoms with Gasteiger partial charge in [-0.15, -0.1) is 0 Å². The van der Waals surface area contributed by atoms with Crippen LogP contribution in [-0.4, -0.2) is 40.9 Å². The minimum atomic E-state index is -1.11. The Hall–Kier alpha value is -0.650. The van der Waals surface area contributed by atoms with E-state index in [2.05, 4.69) is 5.32 Å². The predicted octanol–water partition coefficient (Wildman–Crippen LogP) is -1.27. The molecule has 5 heteroatoms. The maximum absolute atomic E-state index is 10.5. The van der Waals surface area contributed by atoms with E-state index in [1.165, 1.54) is 0 Å².